The molecule has 0 spiro atoms. The van der Waals surface area contributed by atoms with Crippen LogP contribution in [-0.4, -0.2) is 55.2 Å². The number of carbonyl (C=O) groups is 1. The van der Waals surface area contributed by atoms with Gasteiger partial charge in [-0.2, -0.15) is 0 Å². The van der Waals surface area contributed by atoms with Gasteiger partial charge in [0.2, 0.25) is 0 Å². The van der Waals surface area contributed by atoms with Crippen LogP contribution in [0, 0.1) is 0 Å². The zero-order valence-corrected chi connectivity index (χ0v) is 14.3. The summed E-state index contributed by atoms with van der Waals surface area (Å²) in [7, 11) is 3.96. The highest BCUT2D eigenvalue weighted by Crippen LogP contribution is 2.27. The van der Waals surface area contributed by atoms with E-state index in [9.17, 15) is 4.79 Å². The van der Waals surface area contributed by atoms with Crippen LogP contribution in [-0.2, 0) is 17.7 Å². The molecule has 126 valence electrons. The summed E-state index contributed by atoms with van der Waals surface area (Å²) in [5.41, 5.74) is 3.42. The van der Waals surface area contributed by atoms with Gasteiger partial charge in [0, 0.05) is 25.8 Å². The van der Waals surface area contributed by atoms with Gasteiger partial charge in [-0.15, -0.1) is 0 Å². The third-order valence-corrected chi connectivity index (χ3v) is 4.88. The predicted octanol–water partition coefficient (Wildman–Crippen LogP) is 2.71. The van der Waals surface area contributed by atoms with Crippen molar-refractivity contribution >= 4 is 11.7 Å². The number of likely N-dealkylation sites (N-methyl/N-ethyl adjacent to an activating group) is 1. The molecule has 2 atom stereocenters. The Morgan fingerprint density at radius 3 is 2.91 bits per heavy atom. The second-order valence-corrected chi connectivity index (χ2v) is 6.79. The van der Waals surface area contributed by atoms with Gasteiger partial charge in [0.15, 0.2) is 0 Å². The molecule has 2 heterocycles. The summed E-state index contributed by atoms with van der Waals surface area (Å²) < 4.78 is 6.20. The van der Waals surface area contributed by atoms with Crippen LogP contribution in [0.15, 0.2) is 18.2 Å². The first kappa shape index (κ1) is 16.3. The average molecular weight is 317 g/mol. The van der Waals surface area contributed by atoms with Crippen molar-refractivity contribution < 1.29 is 9.53 Å². The molecule has 1 aromatic carbocycles. The quantitative estimate of drug-likeness (QED) is 0.908. The van der Waals surface area contributed by atoms with E-state index >= 15 is 0 Å². The lowest BCUT2D eigenvalue weighted by atomic mass is 10.0. The van der Waals surface area contributed by atoms with Crippen LogP contribution in [0.25, 0.3) is 0 Å². The molecule has 0 saturated carbocycles. The molecule has 0 aromatic heterocycles. The minimum atomic E-state index is -0.0349. The van der Waals surface area contributed by atoms with E-state index in [2.05, 4.69) is 36.3 Å². The number of amides is 2. The molecule has 5 heteroatoms. The molecule has 5 nitrogen and oxygen atoms in total. The lowest BCUT2D eigenvalue weighted by Gasteiger charge is -2.26. The van der Waals surface area contributed by atoms with Crippen LogP contribution >= 0.6 is 0 Å². The Labute approximate surface area is 138 Å². The summed E-state index contributed by atoms with van der Waals surface area (Å²) >= 11 is 0. The fourth-order valence-corrected chi connectivity index (χ4v) is 3.37. The van der Waals surface area contributed by atoms with E-state index in [0.717, 1.165) is 38.0 Å². The van der Waals surface area contributed by atoms with Gasteiger partial charge in [-0.1, -0.05) is 19.1 Å². The first-order chi connectivity index (χ1) is 11.0. The maximum absolute atomic E-state index is 11.7. The van der Waals surface area contributed by atoms with Crippen molar-refractivity contribution in [1.82, 2.24) is 9.80 Å². The van der Waals surface area contributed by atoms with E-state index in [0.29, 0.717) is 18.8 Å². The highest BCUT2D eigenvalue weighted by molar-refractivity contribution is 5.92. The molecule has 1 fully saturated rings. The molecule has 1 aromatic rings. The second-order valence-electron chi connectivity index (χ2n) is 6.79. The Balaban J connectivity index is 1.59. The fraction of sp³-hybridized carbons (Fsp3) is 0.611. The maximum atomic E-state index is 11.7. The summed E-state index contributed by atoms with van der Waals surface area (Å²) in [6.45, 7) is 4.93. The van der Waals surface area contributed by atoms with E-state index < -0.39 is 0 Å². The molecule has 2 aliphatic rings. The van der Waals surface area contributed by atoms with E-state index in [4.69, 9.17) is 4.74 Å². The number of anilines is 1. The summed E-state index contributed by atoms with van der Waals surface area (Å²) in [5, 5.41) is 2.92. The van der Waals surface area contributed by atoms with Gasteiger partial charge in [-0.25, -0.2) is 4.79 Å². The fourth-order valence-electron chi connectivity index (χ4n) is 3.37. The van der Waals surface area contributed by atoms with Gasteiger partial charge < -0.3 is 19.9 Å². The molecule has 0 unspecified atom stereocenters. The number of nitrogens with zero attached hydrogens (tertiary/aromatic N) is 2. The number of carbonyl (C=O) groups excluding carboxylic acids is 1. The van der Waals surface area contributed by atoms with Crippen LogP contribution in [0.4, 0.5) is 10.5 Å². The zero-order valence-electron chi connectivity index (χ0n) is 14.3. The lowest BCUT2D eigenvalue weighted by Crippen LogP contribution is -2.35. The normalized spacial score (nSPS) is 24.0. The third-order valence-electron chi connectivity index (χ3n) is 4.88. The van der Waals surface area contributed by atoms with Crippen molar-refractivity contribution in [3.8, 4) is 0 Å². The first-order valence-corrected chi connectivity index (χ1v) is 8.53. The van der Waals surface area contributed by atoms with Gasteiger partial charge in [0.25, 0.3) is 0 Å². The molecule has 1 N–H and O–H groups in total. The average Bonchev–Trinajstić information content (AvgIpc) is 2.95. The zero-order chi connectivity index (χ0) is 16.4. The smallest absolute Gasteiger partial charge is 0.321 e. The Bertz CT molecular complexity index is 575. The van der Waals surface area contributed by atoms with Crippen molar-refractivity contribution in [3.63, 3.8) is 0 Å². The van der Waals surface area contributed by atoms with Crippen LogP contribution < -0.4 is 5.32 Å². The third kappa shape index (κ3) is 3.85. The number of benzene rings is 1. The monoisotopic (exact) mass is 317 g/mol. The van der Waals surface area contributed by atoms with Gasteiger partial charge in [-0.3, -0.25) is 0 Å². The van der Waals surface area contributed by atoms with E-state index in [1.165, 1.54) is 11.1 Å². The Morgan fingerprint density at radius 1 is 1.35 bits per heavy atom. The number of rotatable bonds is 5. The molecule has 3 rings (SSSR count). The van der Waals surface area contributed by atoms with Crippen LogP contribution in [0.5, 0.6) is 0 Å². The highest BCUT2D eigenvalue weighted by atomic mass is 16.5. The number of urea groups is 1. The number of ether oxygens (including phenoxy) is 1. The minimum absolute atomic E-state index is 0.0349. The van der Waals surface area contributed by atoms with E-state index in [1.54, 1.807) is 4.90 Å². The summed E-state index contributed by atoms with van der Waals surface area (Å²) in [6, 6.07) is 6.30. The predicted molar refractivity (Wildman–Crippen MR) is 91.7 cm³/mol. The molecule has 0 radical (unpaired) electrons. The van der Waals surface area contributed by atoms with Gasteiger partial charge in [0.05, 0.1) is 12.2 Å². The number of hydrogen-bond acceptors (Lipinski definition) is 3. The van der Waals surface area contributed by atoms with Crippen molar-refractivity contribution in [2.75, 3.05) is 32.5 Å². The van der Waals surface area contributed by atoms with Gasteiger partial charge in [0.1, 0.15) is 0 Å². The minimum Gasteiger partial charge on any atom is -0.373 e. The van der Waals surface area contributed by atoms with Crippen molar-refractivity contribution in [2.24, 2.45) is 0 Å². The summed E-state index contributed by atoms with van der Waals surface area (Å²) in [4.78, 5) is 15.7. The van der Waals surface area contributed by atoms with Gasteiger partial charge >= 0.3 is 6.03 Å². The van der Waals surface area contributed by atoms with Crippen molar-refractivity contribution in [3.05, 3.63) is 29.3 Å². The number of hydrogen-bond donors (Lipinski definition) is 1. The Kier molecular flexibility index (Phi) is 4.87. The second kappa shape index (κ2) is 6.89. The van der Waals surface area contributed by atoms with E-state index in [1.807, 2.05) is 13.1 Å². The topological polar surface area (TPSA) is 44.8 Å². The Morgan fingerprint density at radius 2 is 2.13 bits per heavy atom. The van der Waals surface area contributed by atoms with Crippen LogP contribution in [0.2, 0.25) is 0 Å². The molecule has 0 aliphatic carbocycles. The molecule has 0 bridgehead atoms. The SMILES string of the molecule is CCN(C)C[C@@H]1CC[C@H](Cc2ccc3c(c2)CN(C)C(=O)N3)O1. The number of nitrogens with one attached hydrogen (secondary N) is 1. The van der Waals surface area contributed by atoms with Crippen molar-refractivity contribution in [2.45, 2.75) is 44.9 Å². The van der Waals surface area contributed by atoms with Gasteiger partial charge in [-0.05, 0) is 50.0 Å². The molecule has 1 saturated heterocycles. The van der Waals surface area contributed by atoms with Crippen LogP contribution in [0.3, 0.4) is 0 Å². The maximum Gasteiger partial charge on any atom is 0.321 e. The molecular formula is C18H27N3O2. The lowest BCUT2D eigenvalue weighted by molar-refractivity contribution is 0.0287. The van der Waals surface area contributed by atoms with Crippen molar-refractivity contribution in [1.29, 1.82) is 0 Å². The largest absolute Gasteiger partial charge is 0.373 e. The molecule has 23 heavy (non-hydrogen) atoms. The number of fused-ring (bicyclic) bond motifs is 1. The molecule has 2 aliphatic heterocycles. The summed E-state index contributed by atoms with van der Waals surface area (Å²) in [5.74, 6) is 0. The standard InChI is InChI=1S/C18H27N3O2/c1-4-20(2)12-16-7-6-15(23-16)10-13-5-8-17-14(9-13)11-21(3)18(22)19-17/h5,8-9,15-16H,4,6-7,10-12H2,1-3H3,(H,19,22)/t15-,16+/m1/s1. The molecule has 2 amide bonds. The first-order valence-electron chi connectivity index (χ1n) is 8.53. The van der Waals surface area contributed by atoms with Crippen LogP contribution in [0.1, 0.15) is 30.9 Å². The van der Waals surface area contributed by atoms with E-state index in [-0.39, 0.29) is 6.03 Å². The Hall–Kier alpha value is -1.59. The highest BCUT2D eigenvalue weighted by Gasteiger charge is 2.26. The summed E-state index contributed by atoms with van der Waals surface area (Å²) in [6.07, 6.45) is 3.93. The molecular weight excluding hydrogens is 290 g/mol.